The van der Waals surface area contributed by atoms with Crippen LogP contribution in [0.1, 0.15) is 36.6 Å². The van der Waals surface area contributed by atoms with Gasteiger partial charge in [0.15, 0.2) is 0 Å². The van der Waals surface area contributed by atoms with E-state index < -0.39 is 0 Å². The summed E-state index contributed by atoms with van der Waals surface area (Å²) in [5.74, 6) is 0.238. The molecule has 0 aliphatic rings. The highest BCUT2D eigenvalue weighted by Gasteiger charge is 2.19. The predicted octanol–water partition coefficient (Wildman–Crippen LogP) is 6.11. The fraction of sp³-hybridized carbons (Fsp3) is 0.263. The van der Waals surface area contributed by atoms with Crippen molar-refractivity contribution in [3.8, 4) is 5.69 Å². The van der Waals surface area contributed by atoms with Gasteiger partial charge in [-0.1, -0.05) is 25.5 Å². The van der Waals surface area contributed by atoms with Crippen molar-refractivity contribution in [1.29, 1.82) is 0 Å². The fourth-order valence-corrected chi connectivity index (χ4v) is 4.24. The number of hydrogen-bond acceptors (Lipinski definition) is 0. The molecule has 0 aliphatic heterocycles. The summed E-state index contributed by atoms with van der Waals surface area (Å²) >= 11 is 2.44. The minimum atomic E-state index is -0.156. The molecule has 0 unspecified atom stereocenters. The van der Waals surface area contributed by atoms with Crippen LogP contribution >= 0.6 is 22.6 Å². The third-order valence-corrected chi connectivity index (χ3v) is 5.18. The summed E-state index contributed by atoms with van der Waals surface area (Å²) in [5, 5.41) is 1.27. The fourth-order valence-electron chi connectivity index (χ4n) is 2.94. The Morgan fingerprint density at radius 1 is 1.05 bits per heavy atom. The molecule has 0 saturated carbocycles. The van der Waals surface area contributed by atoms with Crippen molar-refractivity contribution in [2.24, 2.45) is 0 Å². The molecule has 0 amide bonds. The van der Waals surface area contributed by atoms with Crippen molar-refractivity contribution >= 4 is 33.5 Å². The van der Waals surface area contributed by atoms with E-state index in [0.717, 1.165) is 5.69 Å². The lowest BCUT2D eigenvalue weighted by molar-refractivity contribution is 0.618. The molecular formula is C19H19FIN. The Kier molecular flexibility index (Phi) is 4.02. The third-order valence-electron chi connectivity index (χ3n) is 4.04. The third kappa shape index (κ3) is 2.45. The monoisotopic (exact) mass is 407 g/mol. The Labute approximate surface area is 144 Å². The first-order valence-corrected chi connectivity index (χ1v) is 8.55. The Bertz CT molecular complexity index is 861. The second-order valence-corrected chi connectivity index (χ2v) is 7.22. The van der Waals surface area contributed by atoms with Crippen molar-refractivity contribution in [3.63, 3.8) is 0 Å². The molecule has 1 nitrogen and oxygen atoms in total. The van der Waals surface area contributed by atoms with Gasteiger partial charge in [-0.05, 0) is 78.3 Å². The summed E-state index contributed by atoms with van der Waals surface area (Å²) in [6, 6.07) is 11.9. The summed E-state index contributed by atoms with van der Waals surface area (Å²) in [6.45, 7) is 8.34. The van der Waals surface area contributed by atoms with Crippen molar-refractivity contribution in [1.82, 2.24) is 4.57 Å². The number of rotatable bonds is 2. The summed E-state index contributed by atoms with van der Waals surface area (Å²) in [4.78, 5) is 0. The molecule has 3 aromatic rings. The molecule has 22 heavy (non-hydrogen) atoms. The molecule has 0 aliphatic carbocycles. The SMILES string of the molecule is Cc1ccc2c(c1)c(I)c(C(C)C)n2-c1ccc(F)c(C)c1. The smallest absolute Gasteiger partial charge is 0.126 e. The van der Waals surface area contributed by atoms with Crippen LogP contribution in [0.2, 0.25) is 0 Å². The number of benzene rings is 2. The lowest BCUT2D eigenvalue weighted by Gasteiger charge is -2.15. The van der Waals surface area contributed by atoms with Gasteiger partial charge in [-0.15, -0.1) is 0 Å². The molecule has 0 bridgehead atoms. The van der Waals surface area contributed by atoms with Gasteiger partial charge in [0.05, 0.1) is 5.52 Å². The zero-order valence-electron chi connectivity index (χ0n) is 13.2. The highest BCUT2D eigenvalue weighted by atomic mass is 127. The normalized spacial score (nSPS) is 11.6. The van der Waals surface area contributed by atoms with Crippen molar-refractivity contribution in [3.05, 3.63) is 62.6 Å². The quantitative estimate of drug-likeness (QED) is 0.452. The summed E-state index contributed by atoms with van der Waals surface area (Å²) in [7, 11) is 0. The van der Waals surface area contributed by atoms with Gasteiger partial charge in [0, 0.05) is 20.3 Å². The van der Waals surface area contributed by atoms with Crippen LogP contribution in [-0.4, -0.2) is 4.57 Å². The molecule has 0 fully saturated rings. The van der Waals surface area contributed by atoms with E-state index in [9.17, 15) is 4.39 Å². The van der Waals surface area contributed by atoms with Crippen LogP contribution in [-0.2, 0) is 0 Å². The van der Waals surface area contributed by atoms with Crippen molar-refractivity contribution in [2.45, 2.75) is 33.6 Å². The van der Waals surface area contributed by atoms with Gasteiger partial charge in [-0.2, -0.15) is 0 Å². The molecule has 0 saturated heterocycles. The van der Waals surface area contributed by atoms with Crippen LogP contribution < -0.4 is 0 Å². The minimum absolute atomic E-state index is 0.156. The first-order chi connectivity index (χ1) is 10.4. The van der Waals surface area contributed by atoms with E-state index in [4.69, 9.17) is 0 Å². The first kappa shape index (κ1) is 15.5. The van der Waals surface area contributed by atoms with Crippen LogP contribution in [0.25, 0.3) is 16.6 Å². The van der Waals surface area contributed by atoms with Gasteiger partial charge < -0.3 is 4.57 Å². The molecule has 0 N–H and O–H groups in total. The number of hydrogen-bond donors (Lipinski definition) is 0. The summed E-state index contributed by atoms with van der Waals surface area (Å²) < 4.78 is 17.2. The number of aryl methyl sites for hydroxylation is 2. The Hall–Kier alpha value is -1.36. The maximum absolute atomic E-state index is 13.6. The molecule has 0 radical (unpaired) electrons. The van der Waals surface area contributed by atoms with Crippen LogP contribution in [0, 0.1) is 23.2 Å². The number of aromatic nitrogens is 1. The maximum Gasteiger partial charge on any atom is 0.126 e. The molecular weight excluding hydrogens is 388 g/mol. The molecule has 3 heteroatoms. The first-order valence-electron chi connectivity index (χ1n) is 7.47. The predicted molar refractivity (Wildman–Crippen MR) is 99.5 cm³/mol. The zero-order valence-corrected chi connectivity index (χ0v) is 15.4. The molecule has 114 valence electrons. The minimum Gasteiger partial charge on any atom is -0.312 e. The second-order valence-electron chi connectivity index (χ2n) is 6.14. The second kappa shape index (κ2) is 5.69. The molecule has 1 heterocycles. The van der Waals surface area contributed by atoms with Crippen molar-refractivity contribution in [2.75, 3.05) is 0 Å². The molecule has 2 aromatic carbocycles. The maximum atomic E-state index is 13.6. The summed E-state index contributed by atoms with van der Waals surface area (Å²) in [5.41, 5.74) is 5.43. The average molecular weight is 407 g/mol. The van der Waals surface area contributed by atoms with Crippen LogP contribution in [0.3, 0.4) is 0 Å². The van der Waals surface area contributed by atoms with E-state index in [1.807, 2.05) is 19.1 Å². The average Bonchev–Trinajstić information content (AvgIpc) is 2.75. The topological polar surface area (TPSA) is 4.93 Å². The highest BCUT2D eigenvalue weighted by molar-refractivity contribution is 14.1. The van der Waals surface area contributed by atoms with E-state index in [1.54, 1.807) is 6.07 Å². The van der Waals surface area contributed by atoms with E-state index in [1.165, 1.54) is 25.7 Å². The lowest BCUT2D eigenvalue weighted by atomic mass is 10.1. The van der Waals surface area contributed by atoms with Gasteiger partial charge in [0.1, 0.15) is 5.82 Å². The molecule has 0 spiro atoms. The Morgan fingerprint density at radius 3 is 2.41 bits per heavy atom. The van der Waals surface area contributed by atoms with Gasteiger partial charge in [-0.25, -0.2) is 4.39 Å². The van der Waals surface area contributed by atoms with E-state index in [0.29, 0.717) is 11.5 Å². The van der Waals surface area contributed by atoms with E-state index >= 15 is 0 Å². The molecule has 3 rings (SSSR count). The van der Waals surface area contributed by atoms with E-state index in [-0.39, 0.29) is 5.82 Å². The summed E-state index contributed by atoms with van der Waals surface area (Å²) in [6.07, 6.45) is 0. The molecule has 0 atom stereocenters. The number of nitrogens with zero attached hydrogens (tertiary/aromatic N) is 1. The zero-order chi connectivity index (χ0) is 16.0. The van der Waals surface area contributed by atoms with E-state index in [2.05, 4.69) is 66.1 Å². The standard InChI is InChI=1S/C19H19FIN/c1-11(2)19-18(21)15-9-12(3)5-8-17(15)22(19)14-6-7-16(20)13(4)10-14/h5-11H,1-4H3. The van der Waals surface area contributed by atoms with Gasteiger partial charge >= 0.3 is 0 Å². The Balaban J connectivity index is 2.40. The van der Waals surface area contributed by atoms with Crippen LogP contribution in [0.15, 0.2) is 36.4 Å². The Morgan fingerprint density at radius 2 is 1.77 bits per heavy atom. The number of halogens is 2. The van der Waals surface area contributed by atoms with Gasteiger partial charge in [-0.3, -0.25) is 0 Å². The molecule has 1 aromatic heterocycles. The highest BCUT2D eigenvalue weighted by Crippen LogP contribution is 2.35. The lowest BCUT2D eigenvalue weighted by Crippen LogP contribution is -2.03. The van der Waals surface area contributed by atoms with Gasteiger partial charge in [0.2, 0.25) is 0 Å². The number of fused-ring (bicyclic) bond motifs is 1. The van der Waals surface area contributed by atoms with Crippen LogP contribution in [0.5, 0.6) is 0 Å². The van der Waals surface area contributed by atoms with Crippen LogP contribution in [0.4, 0.5) is 4.39 Å². The van der Waals surface area contributed by atoms with Crippen molar-refractivity contribution < 1.29 is 4.39 Å². The van der Waals surface area contributed by atoms with Gasteiger partial charge in [0.25, 0.3) is 0 Å². The largest absolute Gasteiger partial charge is 0.312 e.